The van der Waals surface area contributed by atoms with Crippen molar-refractivity contribution < 1.29 is 28.9 Å². The normalized spacial score (nSPS) is 13.1. The Morgan fingerprint density at radius 2 is 1.94 bits per heavy atom. The van der Waals surface area contributed by atoms with Crippen molar-refractivity contribution in [3.63, 3.8) is 0 Å². The maximum absolute atomic E-state index is 12.2. The molecular weight excluding hydrogens is 432 g/mol. The molecule has 1 aliphatic rings. The molecule has 0 unspecified atom stereocenters. The van der Waals surface area contributed by atoms with Crippen LogP contribution in [-0.4, -0.2) is 36.7 Å². The van der Waals surface area contributed by atoms with Crippen LogP contribution in [0.3, 0.4) is 0 Å². The number of Topliss-reactive ketones (excluding diaryl/α,β-unsaturated/α-hetero) is 1. The van der Waals surface area contributed by atoms with Crippen LogP contribution in [0.2, 0.25) is 0 Å². The molecule has 1 N–H and O–H groups in total. The fraction of sp³-hybridized carbons (Fsp3) is 0.357. The number of hydrogen-bond acceptors (Lipinski definition) is 5. The van der Waals surface area contributed by atoms with Crippen LogP contribution in [0.15, 0.2) is 55.1 Å². The van der Waals surface area contributed by atoms with Crippen LogP contribution in [0.4, 0.5) is 0 Å². The zero-order valence-corrected chi connectivity index (χ0v) is 19.7. The van der Waals surface area contributed by atoms with Crippen molar-refractivity contribution in [2.24, 2.45) is 0 Å². The van der Waals surface area contributed by atoms with E-state index in [1.807, 2.05) is 18.2 Å². The van der Waals surface area contributed by atoms with Crippen molar-refractivity contribution in [2.75, 3.05) is 19.8 Å². The number of ketones is 1. The lowest BCUT2D eigenvalue weighted by Gasteiger charge is -2.22. The van der Waals surface area contributed by atoms with Crippen LogP contribution < -0.4 is 14.2 Å². The summed E-state index contributed by atoms with van der Waals surface area (Å²) in [6.45, 7) is 7.21. The minimum Gasteiger partial charge on any atom is -0.494 e. The van der Waals surface area contributed by atoms with Crippen molar-refractivity contribution in [2.45, 2.75) is 45.4 Å². The summed E-state index contributed by atoms with van der Waals surface area (Å²) in [5, 5.41) is 9.35. The fourth-order valence-electron chi connectivity index (χ4n) is 3.91. The number of aliphatic carboxylic acids is 1. The second kappa shape index (κ2) is 12.6. The SMILES string of the molecule is C=CC=C(C(=O)O)c1cccc(OCCCCCOc2ccc3c(c2CCC)OCCC3=O)c1. The average Bonchev–Trinajstić information content (AvgIpc) is 2.83. The molecule has 2 aromatic carbocycles. The number of carbonyl (C=O) groups excluding carboxylic acids is 1. The second-order valence-corrected chi connectivity index (χ2v) is 8.10. The van der Waals surface area contributed by atoms with E-state index >= 15 is 0 Å². The number of fused-ring (bicyclic) bond motifs is 1. The number of rotatable bonds is 13. The van der Waals surface area contributed by atoms with E-state index in [4.69, 9.17) is 14.2 Å². The molecule has 0 amide bonds. The molecule has 2 aromatic rings. The molecular formula is C28H32O6. The highest BCUT2D eigenvalue weighted by Gasteiger charge is 2.23. The van der Waals surface area contributed by atoms with Gasteiger partial charge in [-0.3, -0.25) is 4.79 Å². The van der Waals surface area contributed by atoms with Gasteiger partial charge in [0.15, 0.2) is 5.78 Å². The first kappa shape index (κ1) is 25.1. The zero-order valence-electron chi connectivity index (χ0n) is 19.7. The molecule has 180 valence electrons. The van der Waals surface area contributed by atoms with Gasteiger partial charge in [-0.1, -0.05) is 38.1 Å². The zero-order chi connectivity index (χ0) is 24.3. The lowest BCUT2D eigenvalue weighted by Crippen LogP contribution is -2.17. The standard InChI is InChI=1S/C28H32O6/c1-3-9-22(28(30)31)20-11-8-12-21(19-20)32-16-6-5-7-17-33-26-14-13-23-25(29)15-18-34-27(23)24(26)10-4-2/h3,8-9,11-14,19H,1,4-7,10,15-18H2,2H3,(H,30,31). The van der Waals surface area contributed by atoms with E-state index in [0.717, 1.165) is 43.4 Å². The van der Waals surface area contributed by atoms with Crippen LogP contribution in [0.1, 0.15) is 60.5 Å². The molecule has 3 rings (SSSR count). The van der Waals surface area contributed by atoms with Gasteiger partial charge in [0.25, 0.3) is 0 Å². The Hall–Kier alpha value is -3.54. The monoisotopic (exact) mass is 464 g/mol. The van der Waals surface area contributed by atoms with Gasteiger partial charge in [0.2, 0.25) is 0 Å². The van der Waals surface area contributed by atoms with Crippen molar-refractivity contribution in [1.29, 1.82) is 0 Å². The number of carboxylic acids is 1. The average molecular weight is 465 g/mol. The summed E-state index contributed by atoms with van der Waals surface area (Å²) in [6, 6.07) is 10.8. The summed E-state index contributed by atoms with van der Waals surface area (Å²) < 4.78 is 17.7. The third-order valence-electron chi connectivity index (χ3n) is 5.57. The Morgan fingerprint density at radius 3 is 2.68 bits per heavy atom. The van der Waals surface area contributed by atoms with Crippen LogP contribution in [0.25, 0.3) is 5.57 Å². The van der Waals surface area contributed by atoms with Crippen molar-refractivity contribution >= 4 is 17.3 Å². The third-order valence-corrected chi connectivity index (χ3v) is 5.57. The molecule has 0 spiro atoms. The Bertz CT molecular complexity index is 1050. The van der Waals surface area contributed by atoms with Crippen LogP contribution in [-0.2, 0) is 11.2 Å². The molecule has 0 saturated carbocycles. The summed E-state index contributed by atoms with van der Waals surface area (Å²) in [5.41, 5.74) is 2.41. The molecule has 0 bridgehead atoms. The summed E-state index contributed by atoms with van der Waals surface area (Å²) in [6.07, 6.45) is 7.77. The lowest BCUT2D eigenvalue weighted by atomic mass is 9.98. The number of hydrogen-bond donors (Lipinski definition) is 1. The maximum atomic E-state index is 12.2. The molecule has 0 atom stereocenters. The first-order valence-electron chi connectivity index (χ1n) is 11.8. The van der Waals surface area contributed by atoms with E-state index in [0.29, 0.717) is 48.9 Å². The molecule has 0 aliphatic carbocycles. The third kappa shape index (κ3) is 6.50. The van der Waals surface area contributed by atoms with Crippen LogP contribution >= 0.6 is 0 Å². The highest BCUT2D eigenvalue weighted by Crippen LogP contribution is 2.36. The quantitative estimate of drug-likeness (QED) is 0.226. The Kier molecular flexibility index (Phi) is 9.32. The first-order chi connectivity index (χ1) is 16.5. The minimum absolute atomic E-state index is 0.131. The smallest absolute Gasteiger partial charge is 0.336 e. The van der Waals surface area contributed by atoms with Gasteiger partial charge in [-0.2, -0.15) is 0 Å². The van der Waals surface area contributed by atoms with E-state index in [9.17, 15) is 14.7 Å². The number of benzene rings is 2. The first-order valence-corrected chi connectivity index (χ1v) is 11.8. The van der Waals surface area contributed by atoms with Gasteiger partial charge in [-0.25, -0.2) is 4.79 Å². The molecule has 34 heavy (non-hydrogen) atoms. The Morgan fingerprint density at radius 1 is 1.15 bits per heavy atom. The summed E-state index contributed by atoms with van der Waals surface area (Å²) in [5.74, 6) is 1.26. The molecule has 0 saturated heterocycles. The fourth-order valence-corrected chi connectivity index (χ4v) is 3.91. The van der Waals surface area contributed by atoms with Crippen molar-refractivity contribution in [3.8, 4) is 17.2 Å². The van der Waals surface area contributed by atoms with Gasteiger partial charge >= 0.3 is 5.97 Å². The number of carbonyl (C=O) groups is 2. The summed E-state index contributed by atoms with van der Waals surface area (Å²) in [7, 11) is 0. The maximum Gasteiger partial charge on any atom is 0.336 e. The lowest BCUT2D eigenvalue weighted by molar-refractivity contribution is -0.130. The number of carboxylic acid groups (broad SMARTS) is 1. The molecule has 1 heterocycles. The summed E-state index contributed by atoms with van der Waals surface area (Å²) in [4.78, 5) is 23.6. The van der Waals surface area contributed by atoms with Crippen molar-refractivity contribution in [3.05, 3.63) is 71.8 Å². The van der Waals surface area contributed by atoms with E-state index in [1.165, 1.54) is 12.2 Å². The summed E-state index contributed by atoms with van der Waals surface area (Å²) >= 11 is 0. The molecule has 0 aromatic heterocycles. The number of ether oxygens (including phenoxy) is 3. The molecule has 0 radical (unpaired) electrons. The van der Waals surface area contributed by atoms with Crippen LogP contribution in [0.5, 0.6) is 17.2 Å². The van der Waals surface area contributed by atoms with Gasteiger partial charge in [0, 0.05) is 12.0 Å². The topological polar surface area (TPSA) is 82.1 Å². The molecule has 6 nitrogen and oxygen atoms in total. The molecule has 1 aliphatic heterocycles. The van der Waals surface area contributed by atoms with Gasteiger partial charge < -0.3 is 19.3 Å². The van der Waals surface area contributed by atoms with Gasteiger partial charge in [0.05, 0.1) is 31.0 Å². The number of unbranched alkanes of at least 4 members (excludes halogenated alkanes) is 2. The largest absolute Gasteiger partial charge is 0.494 e. The molecule has 0 fully saturated rings. The minimum atomic E-state index is -1.00. The van der Waals surface area contributed by atoms with Gasteiger partial charge in [-0.15, -0.1) is 0 Å². The van der Waals surface area contributed by atoms with E-state index in [2.05, 4.69) is 13.5 Å². The Balaban J connectivity index is 1.46. The Labute approximate surface area is 200 Å². The van der Waals surface area contributed by atoms with Gasteiger partial charge in [0.1, 0.15) is 17.2 Å². The van der Waals surface area contributed by atoms with Crippen LogP contribution in [0, 0.1) is 0 Å². The van der Waals surface area contributed by atoms with E-state index in [-0.39, 0.29) is 11.4 Å². The molecule has 6 heteroatoms. The predicted molar refractivity (Wildman–Crippen MR) is 132 cm³/mol. The van der Waals surface area contributed by atoms with Crippen molar-refractivity contribution in [1.82, 2.24) is 0 Å². The predicted octanol–water partition coefficient (Wildman–Crippen LogP) is 5.89. The van der Waals surface area contributed by atoms with E-state index < -0.39 is 5.97 Å². The van der Waals surface area contributed by atoms with E-state index in [1.54, 1.807) is 18.2 Å². The highest BCUT2D eigenvalue weighted by atomic mass is 16.5. The van der Waals surface area contributed by atoms with Gasteiger partial charge in [-0.05, 0) is 61.6 Å². The number of allylic oxidation sites excluding steroid dienone is 2. The highest BCUT2D eigenvalue weighted by molar-refractivity contribution is 6.15. The second-order valence-electron chi connectivity index (χ2n) is 8.10.